The molecule has 7 rings (SSSR count). The van der Waals surface area contributed by atoms with Crippen molar-refractivity contribution < 1.29 is 8.42 Å². The zero-order valence-electron chi connectivity index (χ0n) is 20.8. The fourth-order valence-electron chi connectivity index (χ4n) is 6.73. The number of benzene rings is 1. The highest BCUT2D eigenvalue weighted by Gasteiger charge is 2.42. The standard InChI is InChI=1S/C27H28N6O3S/c1-31-21-13-28-26-23(25(21)33(27(31)34)20-11-16-8-9-18(20)10-16)22(17-6-4-3-5-7-17)24(30-26)19-12-29-32(14-19)15-37(2,35)36/h3-7,12-14,16,18,20H,8-11,15H2,1-2H3,(H,28,30). The Morgan fingerprint density at radius 2 is 1.89 bits per heavy atom. The summed E-state index contributed by atoms with van der Waals surface area (Å²) in [5.41, 5.74) is 5.93. The molecule has 2 bridgehead atoms. The SMILES string of the molecule is Cn1c(=O)n(C2CC3CCC2C3)c2c3c(-c4ccccc4)c(-c4cnn(CS(C)(=O)=O)c4)[nH]c3ncc21. The number of aromatic nitrogens is 6. The number of aromatic amines is 1. The van der Waals surface area contributed by atoms with Crippen molar-refractivity contribution in [1.82, 2.24) is 28.9 Å². The van der Waals surface area contributed by atoms with Gasteiger partial charge in [0.1, 0.15) is 11.5 Å². The third-order valence-electron chi connectivity index (χ3n) is 8.25. The normalized spacial score (nSPS) is 21.5. The summed E-state index contributed by atoms with van der Waals surface area (Å²) in [4.78, 5) is 21.9. The maximum absolute atomic E-state index is 13.7. The number of nitrogens with one attached hydrogen (secondary N) is 1. The molecule has 0 radical (unpaired) electrons. The molecule has 1 N–H and O–H groups in total. The number of imidazole rings is 1. The molecule has 10 heteroatoms. The van der Waals surface area contributed by atoms with Crippen LogP contribution in [-0.4, -0.2) is 43.6 Å². The Labute approximate surface area is 213 Å². The minimum Gasteiger partial charge on any atom is -0.339 e. The van der Waals surface area contributed by atoms with Gasteiger partial charge in [-0.1, -0.05) is 36.8 Å². The van der Waals surface area contributed by atoms with Gasteiger partial charge in [0.05, 0.1) is 34.5 Å². The van der Waals surface area contributed by atoms with E-state index in [1.165, 1.54) is 30.2 Å². The molecule has 3 unspecified atom stereocenters. The van der Waals surface area contributed by atoms with Crippen LogP contribution in [0.4, 0.5) is 0 Å². The number of fused-ring (bicyclic) bond motifs is 5. The average molecular weight is 517 g/mol. The molecule has 2 aliphatic rings. The van der Waals surface area contributed by atoms with Crippen LogP contribution in [0.15, 0.2) is 53.7 Å². The van der Waals surface area contributed by atoms with Crippen LogP contribution in [0.1, 0.15) is 31.7 Å². The Bertz CT molecular complexity index is 1840. The predicted octanol–water partition coefficient (Wildman–Crippen LogP) is 4.11. The molecule has 2 aliphatic carbocycles. The van der Waals surface area contributed by atoms with Crippen molar-refractivity contribution in [3.8, 4) is 22.4 Å². The second-order valence-electron chi connectivity index (χ2n) is 10.7. The van der Waals surface area contributed by atoms with Crippen LogP contribution in [-0.2, 0) is 22.8 Å². The Morgan fingerprint density at radius 3 is 2.59 bits per heavy atom. The maximum Gasteiger partial charge on any atom is 0.329 e. The summed E-state index contributed by atoms with van der Waals surface area (Å²) < 4.78 is 28.9. The van der Waals surface area contributed by atoms with Crippen molar-refractivity contribution in [2.45, 2.75) is 37.6 Å². The lowest BCUT2D eigenvalue weighted by molar-refractivity contribution is 0.328. The molecule has 2 fully saturated rings. The van der Waals surface area contributed by atoms with Gasteiger partial charge in [0, 0.05) is 36.7 Å². The number of nitrogens with zero attached hydrogens (tertiary/aromatic N) is 5. The van der Waals surface area contributed by atoms with Gasteiger partial charge in [-0.05, 0) is 36.7 Å². The third-order valence-corrected chi connectivity index (χ3v) is 8.99. The topological polar surface area (TPSA) is 108 Å². The number of hydrogen-bond acceptors (Lipinski definition) is 5. The summed E-state index contributed by atoms with van der Waals surface area (Å²) >= 11 is 0. The van der Waals surface area contributed by atoms with Gasteiger partial charge in [-0.3, -0.25) is 13.8 Å². The molecular weight excluding hydrogens is 488 g/mol. The molecule has 0 spiro atoms. The van der Waals surface area contributed by atoms with E-state index in [0.717, 1.165) is 45.2 Å². The molecule has 0 amide bonds. The van der Waals surface area contributed by atoms with Gasteiger partial charge < -0.3 is 4.98 Å². The van der Waals surface area contributed by atoms with Crippen LogP contribution in [0.25, 0.3) is 44.5 Å². The predicted molar refractivity (Wildman–Crippen MR) is 143 cm³/mol. The molecule has 37 heavy (non-hydrogen) atoms. The van der Waals surface area contributed by atoms with Crippen LogP contribution in [0.2, 0.25) is 0 Å². The highest BCUT2D eigenvalue weighted by molar-refractivity contribution is 7.89. The van der Waals surface area contributed by atoms with E-state index in [9.17, 15) is 13.2 Å². The first kappa shape index (κ1) is 22.5. The smallest absolute Gasteiger partial charge is 0.329 e. The van der Waals surface area contributed by atoms with Gasteiger partial charge in [-0.25, -0.2) is 18.2 Å². The third kappa shape index (κ3) is 3.49. The average Bonchev–Trinajstić information content (AvgIpc) is 3.68. The Hall–Kier alpha value is -3.66. The van der Waals surface area contributed by atoms with Crippen molar-refractivity contribution in [3.05, 3.63) is 59.4 Å². The zero-order chi connectivity index (χ0) is 25.5. The molecule has 190 valence electrons. The summed E-state index contributed by atoms with van der Waals surface area (Å²) in [6.07, 6.45) is 11.1. The van der Waals surface area contributed by atoms with E-state index in [1.54, 1.807) is 23.2 Å². The lowest BCUT2D eigenvalue weighted by Crippen LogP contribution is -2.29. The van der Waals surface area contributed by atoms with Crippen molar-refractivity contribution in [2.75, 3.05) is 6.26 Å². The van der Waals surface area contributed by atoms with Crippen LogP contribution in [0, 0.1) is 11.8 Å². The quantitative estimate of drug-likeness (QED) is 0.378. The number of H-pyrrole nitrogens is 1. The summed E-state index contributed by atoms with van der Waals surface area (Å²) in [6.45, 7) is 0. The largest absolute Gasteiger partial charge is 0.339 e. The van der Waals surface area contributed by atoms with Crippen LogP contribution in [0.3, 0.4) is 0 Å². The summed E-state index contributed by atoms with van der Waals surface area (Å²) in [7, 11) is -1.42. The molecule has 4 heterocycles. The fraction of sp³-hybridized carbons (Fsp3) is 0.370. The van der Waals surface area contributed by atoms with Crippen LogP contribution < -0.4 is 5.69 Å². The lowest BCUT2D eigenvalue weighted by Gasteiger charge is -2.23. The maximum atomic E-state index is 13.7. The fourth-order valence-corrected chi connectivity index (χ4v) is 7.35. The Morgan fingerprint density at radius 1 is 1.08 bits per heavy atom. The molecule has 0 saturated heterocycles. The minimum atomic E-state index is -3.25. The molecule has 5 aromatic rings. The molecule has 2 saturated carbocycles. The summed E-state index contributed by atoms with van der Waals surface area (Å²) in [5.74, 6) is 1.04. The van der Waals surface area contributed by atoms with E-state index >= 15 is 0 Å². The van der Waals surface area contributed by atoms with Crippen molar-refractivity contribution in [2.24, 2.45) is 18.9 Å². The molecule has 0 aliphatic heterocycles. The highest BCUT2D eigenvalue weighted by Crippen LogP contribution is 2.51. The van der Waals surface area contributed by atoms with E-state index in [1.807, 2.05) is 29.8 Å². The number of pyridine rings is 1. The number of sulfone groups is 1. The van der Waals surface area contributed by atoms with Gasteiger partial charge in [0.15, 0.2) is 9.84 Å². The summed E-state index contributed by atoms with van der Waals surface area (Å²) in [5, 5.41) is 5.22. The molecule has 9 nitrogen and oxygen atoms in total. The Kier molecular flexibility index (Phi) is 4.82. The molecule has 3 atom stereocenters. The lowest BCUT2D eigenvalue weighted by atomic mass is 9.94. The van der Waals surface area contributed by atoms with Gasteiger partial charge in [-0.2, -0.15) is 5.10 Å². The van der Waals surface area contributed by atoms with Crippen LogP contribution in [0.5, 0.6) is 0 Å². The van der Waals surface area contributed by atoms with Gasteiger partial charge in [0.25, 0.3) is 0 Å². The molecule has 4 aromatic heterocycles. The second-order valence-corrected chi connectivity index (χ2v) is 12.8. The van der Waals surface area contributed by atoms with Gasteiger partial charge in [0.2, 0.25) is 0 Å². The second kappa shape index (κ2) is 7.92. The van der Waals surface area contributed by atoms with Crippen LogP contribution >= 0.6 is 0 Å². The number of rotatable bonds is 5. The van der Waals surface area contributed by atoms with E-state index in [-0.39, 0.29) is 17.6 Å². The zero-order valence-corrected chi connectivity index (χ0v) is 21.6. The van der Waals surface area contributed by atoms with Crippen molar-refractivity contribution in [1.29, 1.82) is 0 Å². The number of hydrogen-bond donors (Lipinski definition) is 1. The van der Waals surface area contributed by atoms with Crippen molar-refractivity contribution >= 4 is 31.9 Å². The highest BCUT2D eigenvalue weighted by atomic mass is 32.2. The van der Waals surface area contributed by atoms with E-state index < -0.39 is 9.84 Å². The molecule has 1 aromatic carbocycles. The Balaban J connectivity index is 1.54. The summed E-state index contributed by atoms with van der Waals surface area (Å²) in [6, 6.07) is 10.3. The van der Waals surface area contributed by atoms with E-state index in [2.05, 4.69) is 22.2 Å². The first-order valence-electron chi connectivity index (χ1n) is 12.7. The van der Waals surface area contributed by atoms with Gasteiger partial charge >= 0.3 is 5.69 Å². The van der Waals surface area contributed by atoms with E-state index in [4.69, 9.17) is 4.98 Å². The van der Waals surface area contributed by atoms with Crippen molar-refractivity contribution in [3.63, 3.8) is 0 Å². The number of aryl methyl sites for hydroxylation is 1. The van der Waals surface area contributed by atoms with E-state index in [0.29, 0.717) is 17.5 Å². The monoisotopic (exact) mass is 516 g/mol. The molecular formula is C27H28N6O3S. The first-order valence-corrected chi connectivity index (χ1v) is 14.7. The first-order chi connectivity index (χ1) is 17.8. The van der Waals surface area contributed by atoms with Gasteiger partial charge in [-0.15, -0.1) is 0 Å². The minimum absolute atomic E-state index is 0.00424.